The summed E-state index contributed by atoms with van der Waals surface area (Å²) in [6.07, 6.45) is 3.45. The van der Waals surface area contributed by atoms with Gasteiger partial charge in [0.05, 0.1) is 36.6 Å². The minimum absolute atomic E-state index is 0.187. The zero-order chi connectivity index (χ0) is 26.5. The molecule has 1 aliphatic rings. The number of nitrogens with zero attached hydrogens (tertiary/aromatic N) is 2. The maximum absolute atomic E-state index is 13.8. The number of carbonyl (C=O) groups is 1. The third-order valence-corrected chi connectivity index (χ3v) is 6.76. The van der Waals surface area contributed by atoms with E-state index in [9.17, 15) is 9.59 Å². The van der Waals surface area contributed by atoms with Gasteiger partial charge in [-0.05, 0) is 55.8 Å². The number of aromatic nitrogens is 1. The van der Waals surface area contributed by atoms with Crippen molar-refractivity contribution in [1.82, 2.24) is 4.57 Å². The lowest BCUT2D eigenvalue weighted by Gasteiger charge is -2.26. The van der Waals surface area contributed by atoms with Crippen LogP contribution >= 0.6 is 11.3 Å². The predicted octanol–water partition coefficient (Wildman–Crippen LogP) is 3.38. The van der Waals surface area contributed by atoms with Crippen molar-refractivity contribution in [1.29, 1.82) is 0 Å². The lowest BCUT2D eigenvalue weighted by molar-refractivity contribution is -0.139. The van der Waals surface area contributed by atoms with Gasteiger partial charge in [0.25, 0.3) is 5.56 Å². The smallest absolute Gasteiger partial charge is 0.338 e. The van der Waals surface area contributed by atoms with Crippen LogP contribution in [0.2, 0.25) is 0 Å². The number of esters is 1. The number of allylic oxidation sites excluding steroid dienone is 1. The van der Waals surface area contributed by atoms with Crippen molar-refractivity contribution in [3.05, 3.63) is 97.2 Å². The number of fused-ring (bicyclic) bond motifs is 1. The molecule has 192 valence electrons. The Morgan fingerprint density at radius 2 is 1.97 bits per heavy atom. The zero-order valence-electron chi connectivity index (χ0n) is 21.1. The van der Waals surface area contributed by atoms with E-state index in [0.29, 0.717) is 44.4 Å². The van der Waals surface area contributed by atoms with Gasteiger partial charge in [0, 0.05) is 5.56 Å². The first-order chi connectivity index (χ1) is 17.9. The molecule has 0 saturated heterocycles. The van der Waals surface area contributed by atoms with Gasteiger partial charge in [-0.2, -0.15) is 0 Å². The van der Waals surface area contributed by atoms with E-state index in [0.717, 1.165) is 5.56 Å². The van der Waals surface area contributed by atoms with E-state index in [1.807, 2.05) is 24.3 Å². The Balaban J connectivity index is 1.95. The van der Waals surface area contributed by atoms with Gasteiger partial charge in [-0.1, -0.05) is 36.1 Å². The first kappa shape index (κ1) is 26.0. The second-order valence-corrected chi connectivity index (χ2v) is 9.09. The number of ether oxygens (including phenoxy) is 4. The van der Waals surface area contributed by atoms with Crippen LogP contribution in [0.15, 0.2) is 76.2 Å². The number of rotatable bonds is 9. The monoisotopic (exact) mass is 520 g/mol. The highest BCUT2D eigenvalue weighted by Gasteiger charge is 2.35. The Morgan fingerprint density at radius 3 is 2.68 bits per heavy atom. The highest BCUT2D eigenvalue weighted by atomic mass is 32.1. The average molecular weight is 521 g/mol. The molecule has 0 radical (unpaired) electrons. The van der Waals surface area contributed by atoms with Crippen LogP contribution in [0, 0.1) is 0 Å². The molecule has 1 atom stereocenters. The normalized spacial score (nSPS) is 15.0. The van der Waals surface area contributed by atoms with E-state index in [1.165, 1.54) is 23.0 Å². The number of thiazole rings is 1. The molecule has 0 amide bonds. The van der Waals surface area contributed by atoms with Gasteiger partial charge in [-0.15, -0.1) is 0 Å². The quantitative estimate of drug-likeness (QED) is 0.318. The van der Waals surface area contributed by atoms with Crippen LogP contribution < -0.4 is 29.1 Å². The molecule has 1 aliphatic heterocycles. The van der Waals surface area contributed by atoms with Crippen LogP contribution in [0.4, 0.5) is 0 Å². The maximum atomic E-state index is 13.8. The fourth-order valence-electron chi connectivity index (χ4n) is 4.14. The van der Waals surface area contributed by atoms with E-state index in [-0.39, 0.29) is 17.7 Å². The van der Waals surface area contributed by atoms with Crippen LogP contribution in [0.1, 0.15) is 31.0 Å². The molecule has 0 fully saturated rings. The van der Waals surface area contributed by atoms with E-state index in [1.54, 1.807) is 51.3 Å². The minimum Gasteiger partial charge on any atom is -0.497 e. The molecule has 0 aliphatic carbocycles. The van der Waals surface area contributed by atoms with Gasteiger partial charge in [0.2, 0.25) is 0 Å². The van der Waals surface area contributed by atoms with Crippen LogP contribution in [0.5, 0.6) is 17.2 Å². The fourth-order valence-corrected chi connectivity index (χ4v) is 5.19. The molecule has 0 bridgehead atoms. The Morgan fingerprint density at radius 1 is 1.16 bits per heavy atom. The zero-order valence-corrected chi connectivity index (χ0v) is 22.0. The van der Waals surface area contributed by atoms with Gasteiger partial charge in [0.1, 0.15) is 29.9 Å². The Kier molecular flexibility index (Phi) is 7.93. The summed E-state index contributed by atoms with van der Waals surface area (Å²) in [5.74, 6) is 1.19. The van der Waals surface area contributed by atoms with E-state index in [2.05, 4.69) is 11.6 Å². The topological polar surface area (TPSA) is 88.3 Å². The van der Waals surface area contributed by atoms with Crippen molar-refractivity contribution in [3.63, 3.8) is 0 Å². The lowest BCUT2D eigenvalue weighted by Crippen LogP contribution is -2.40. The minimum atomic E-state index is -0.815. The first-order valence-corrected chi connectivity index (χ1v) is 12.5. The molecule has 0 N–H and O–H groups in total. The summed E-state index contributed by atoms with van der Waals surface area (Å²) in [4.78, 5) is 32.1. The molecule has 0 saturated carbocycles. The molecule has 9 heteroatoms. The third kappa shape index (κ3) is 5.22. The van der Waals surface area contributed by atoms with Crippen molar-refractivity contribution in [3.8, 4) is 17.2 Å². The number of carbonyl (C=O) groups excluding carboxylic acids is 1. The Labute approximate surface area is 218 Å². The van der Waals surface area contributed by atoms with E-state index >= 15 is 0 Å². The molecule has 0 unspecified atom stereocenters. The maximum Gasteiger partial charge on any atom is 0.338 e. The van der Waals surface area contributed by atoms with Crippen molar-refractivity contribution in [2.24, 2.45) is 4.99 Å². The standard InChI is InChI=1S/C28H28N2O6S/c1-6-13-36-20-10-8-9-18(14-20)15-23-26(31)30-25(21-16-19(33-4)11-12-22(21)34-5)24(27(32)35-7-2)17(3)29-28(30)37-23/h6,8-12,14-16,25H,1,7,13H2,2-5H3/b23-15-/t25-/m0/s1. The lowest BCUT2D eigenvalue weighted by atomic mass is 9.94. The van der Waals surface area contributed by atoms with E-state index < -0.39 is 12.0 Å². The van der Waals surface area contributed by atoms with Crippen LogP contribution in [-0.4, -0.2) is 38.0 Å². The van der Waals surface area contributed by atoms with Gasteiger partial charge < -0.3 is 18.9 Å². The van der Waals surface area contributed by atoms with E-state index in [4.69, 9.17) is 18.9 Å². The summed E-state index contributed by atoms with van der Waals surface area (Å²) in [6, 6.07) is 11.9. The molecule has 2 aromatic carbocycles. The first-order valence-electron chi connectivity index (χ1n) is 11.7. The number of benzene rings is 2. The highest BCUT2D eigenvalue weighted by Crippen LogP contribution is 2.37. The van der Waals surface area contributed by atoms with Crippen molar-refractivity contribution >= 4 is 23.4 Å². The molecule has 8 nitrogen and oxygen atoms in total. The van der Waals surface area contributed by atoms with Crippen LogP contribution in [0.3, 0.4) is 0 Å². The summed E-state index contributed by atoms with van der Waals surface area (Å²) in [5.41, 5.74) is 1.84. The summed E-state index contributed by atoms with van der Waals surface area (Å²) >= 11 is 1.25. The summed E-state index contributed by atoms with van der Waals surface area (Å²) in [7, 11) is 3.09. The van der Waals surface area contributed by atoms with Gasteiger partial charge in [0.15, 0.2) is 4.80 Å². The molecular weight excluding hydrogens is 492 g/mol. The SMILES string of the molecule is C=CCOc1cccc(/C=c2\sc3n(c2=O)[C@@H](c2cc(OC)ccc2OC)C(C(=O)OCC)=C(C)N=3)c1. The predicted molar refractivity (Wildman–Crippen MR) is 142 cm³/mol. The highest BCUT2D eigenvalue weighted by molar-refractivity contribution is 7.07. The van der Waals surface area contributed by atoms with Gasteiger partial charge in [-0.3, -0.25) is 9.36 Å². The second-order valence-electron chi connectivity index (χ2n) is 8.08. The molecule has 4 rings (SSSR count). The molecule has 3 aromatic rings. The van der Waals surface area contributed by atoms with Crippen molar-refractivity contribution in [2.45, 2.75) is 19.9 Å². The number of hydrogen-bond donors (Lipinski definition) is 0. The van der Waals surface area contributed by atoms with Crippen LogP contribution in [0.25, 0.3) is 6.08 Å². The Hall–Kier alpha value is -4.11. The van der Waals surface area contributed by atoms with Gasteiger partial charge in [-0.25, -0.2) is 9.79 Å². The number of hydrogen-bond acceptors (Lipinski definition) is 8. The summed E-state index contributed by atoms with van der Waals surface area (Å²) in [6.45, 7) is 7.71. The summed E-state index contributed by atoms with van der Waals surface area (Å²) < 4.78 is 24.0. The van der Waals surface area contributed by atoms with Crippen LogP contribution in [-0.2, 0) is 9.53 Å². The molecule has 0 spiro atoms. The third-order valence-electron chi connectivity index (χ3n) is 5.77. The largest absolute Gasteiger partial charge is 0.497 e. The second kappa shape index (κ2) is 11.3. The van der Waals surface area contributed by atoms with Crippen molar-refractivity contribution < 1.29 is 23.7 Å². The molecule has 1 aromatic heterocycles. The summed E-state index contributed by atoms with van der Waals surface area (Å²) in [5, 5.41) is 0. The molecule has 2 heterocycles. The Bertz CT molecular complexity index is 1550. The molecule has 37 heavy (non-hydrogen) atoms. The van der Waals surface area contributed by atoms with Crippen molar-refractivity contribution in [2.75, 3.05) is 27.4 Å². The molecular formula is C28H28N2O6S. The average Bonchev–Trinajstić information content (AvgIpc) is 3.20. The number of methoxy groups -OCH3 is 2. The van der Waals surface area contributed by atoms with Gasteiger partial charge >= 0.3 is 5.97 Å². The fraction of sp³-hybridized carbons (Fsp3) is 0.250.